The second-order valence-electron chi connectivity index (χ2n) is 7.61. The van der Waals surface area contributed by atoms with E-state index in [1.807, 2.05) is 0 Å². The number of amides is 2. The number of imidazole rings is 1. The van der Waals surface area contributed by atoms with E-state index in [1.165, 1.54) is 24.3 Å². The van der Waals surface area contributed by atoms with E-state index in [-0.39, 0.29) is 4.90 Å². The van der Waals surface area contributed by atoms with Gasteiger partial charge in [0.05, 0.1) is 21.0 Å². The average molecular weight is 530 g/mol. The standard InChI is InChI=1S/C24H21Cl2N5O3S/c1-15(20-3-2-4-21(25)22(20)26)29-24(32)30-17-9-11-19(12-10-17)35(33,34)31-18-7-5-16(6-8-18)23-27-13-14-28-23/h2-15,31H,1H3,(H,27,28)(H2,29,30,32). The van der Waals surface area contributed by atoms with Crippen LogP contribution in [-0.4, -0.2) is 24.4 Å². The van der Waals surface area contributed by atoms with Crippen molar-refractivity contribution >= 4 is 50.6 Å². The predicted octanol–water partition coefficient (Wildman–Crippen LogP) is 6.07. The fraction of sp³-hybridized carbons (Fsp3) is 0.0833. The average Bonchev–Trinajstić information content (AvgIpc) is 3.36. The Morgan fingerprint density at radius 1 is 0.971 bits per heavy atom. The molecule has 0 radical (unpaired) electrons. The number of anilines is 2. The molecular formula is C24H21Cl2N5O3S. The van der Waals surface area contributed by atoms with E-state index in [0.717, 1.165) is 5.56 Å². The number of carbonyl (C=O) groups is 1. The van der Waals surface area contributed by atoms with Crippen LogP contribution < -0.4 is 15.4 Å². The van der Waals surface area contributed by atoms with Gasteiger partial charge in [0.25, 0.3) is 10.0 Å². The van der Waals surface area contributed by atoms with Gasteiger partial charge in [-0.05, 0) is 67.1 Å². The van der Waals surface area contributed by atoms with Crippen LogP contribution in [0.5, 0.6) is 0 Å². The molecule has 0 aliphatic heterocycles. The first kappa shape index (κ1) is 24.6. The Hall–Kier alpha value is -3.53. The van der Waals surface area contributed by atoms with Gasteiger partial charge >= 0.3 is 6.03 Å². The molecule has 3 aromatic carbocycles. The highest BCUT2D eigenvalue weighted by molar-refractivity contribution is 7.92. The van der Waals surface area contributed by atoms with Crippen molar-refractivity contribution in [2.45, 2.75) is 17.9 Å². The molecule has 4 N–H and O–H groups in total. The summed E-state index contributed by atoms with van der Waals surface area (Å²) in [6, 6.07) is 17.0. The lowest BCUT2D eigenvalue weighted by Crippen LogP contribution is -2.31. The lowest BCUT2D eigenvalue weighted by atomic mass is 10.1. The van der Waals surface area contributed by atoms with Gasteiger partial charge in [0.15, 0.2) is 0 Å². The molecule has 1 aromatic heterocycles. The SMILES string of the molecule is CC(NC(=O)Nc1ccc(S(=O)(=O)Nc2ccc(-c3ncc[nH]3)cc2)cc1)c1cccc(Cl)c1Cl. The van der Waals surface area contributed by atoms with Crippen molar-refractivity contribution in [3.63, 3.8) is 0 Å². The number of benzene rings is 3. The van der Waals surface area contributed by atoms with E-state index in [9.17, 15) is 13.2 Å². The number of nitrogens with zero attached hydrogens (tertiary/aromatic N) is 1. The summed E-state index contributed by atoms with van der Waals surface area (Å²) in [5, 5.41) is 6.22. The quantitative estimate of drug-likeness (QED) is 0.232. The lowest BCUT2D eigenvalue weighted by molar-refractivity contribution is 0.249. The fourth-order valence-corrected chi connectivity index (χ4v) is 4.88. The molecular weight excluding hydrogens is 509 g/mol. The fourth-order valence-electron chi connectivity index (χ4n) is 3.35. The summed E-state index contributed by atoms with van der Waals surface area (Å²) in [4.78, 5) is 19.6. The topological polar surface area (TPSA) is 116 Å². The number of sulfonamides is 1. The molecule has 8 nitrogen and oxygen atoms in total. The Bertz CT molecular complexity index is 1430. The lowest BCUT2D eigenvalue weighted by Gasteiger charge is -2.17. The van der Waals surface area contributed by atoms with E-state index in [2.05, 4.69) is 25.3 Å². The van der Waals surface area contributed by atoms with Crippen LogP contribution >= 0.6 is 23.2 Å². The van der Waals surface area contributed by atoms with Crippen LogP contribution in [-0.2, 0) is 10.0 Å². The van der Waals surface area contributed by atoms with Crippen LogP contribution in [0.1, 0.15) is 18.5 Å². The number of aromatic nitrogens is 2. The molecule has 0 bridgehead atoms. The van der Waals surface area contributed by atoms with Gasteiger partial charge < -0.3 is 15.6 Å². The maximum Gasteiger partial charge on any atom is 0.319 e. The number of urea groups is 1. The van der Waals surface area contributed by atoms with Crippen LogP contribution in [0.3, 0.4) is 0 Å². The second-order valence-corrected chi connectivity index (χ2v) is 10.1. The van der Waals surface area contributed by atoms with Crippen molar-refractivity contribution < 1.29 is 13.2 Å². The Balaban J connectivity index is 1.37. The molecule has 0 fully saturated rings. The molecule has 2 amide bonds. The molecule has 0 spiro atoms. The molecule has 0 aliphatic carbocycles. The van der Waals surface area contributed by atoms with Crippen LogP contribution in [0, 0.1) is 0 Å². The normalized spacial score (nSPS) is 12.1. The van der Waals surface area contributed by atoms with E-state index >= 15 is 0 Å². The van der Waals surface area contributed by atoms with Crippen LogP contribution in [0.15, 0.2) is 84.0 Å². The number of hydrogen-bond donors (Lipinski definition) is 4. The molecule has 4 aromatic rings. The van der Waals surface area contributed by atoms with Gasteiger partial charge in [0.2, 0.25) is 0 Å². The van der Waals surface area contributed by atoms with Gasteiger partial charge in [-0.15, -0.1) is 0 Å². The maximum absolute atomic E-state index is 12.8. The highest BCUT2D eigenvalue weighted by atomic mass is 35.5. The number of nitrogens with one attached hydrogen (secondary N) is 4. The number of H-pyrrole nitrogens is 1. The molecule has 0 saturated heterocycles. The van der Waals surface area contributed by atoms with E-state index in [1.54, 1.807) is 61.8 Å². The molecule has 1 atom stereocenters. The zero-order valence-corrected chi connectivity index (χ0v) is 20.7. The summed E-state index contributed by atoms with van der Waals surface area (Å²) in [6.45, 7) is 1.78. The minimum absolute atomic E-state index is 0.0534. The number of halogens is 2. The third kappa shape index (κ3) is 5.94. The zero-order valence-electron chi connectivity index (χ0n) is 18.4. The van der Waals surface area contributed by atoms with Crippen LogP contribution in [0.2, 0.25) is 10.0 Å². The molecule has 0 saturated carbocycles. The summed E-state index contributed by atoms with van der Waals surface area (Å²) in [6.07, 6.45) is 3.35. The Labute approximate surface area is 212 Å². The summed E-state index contributed by atoms with van der Waals surface area (Å²) in [5.41, 5.74) is 2.35. The van der Waals surface area contributed by atoms with Crippen molar-refractivity contribution in [1.29, 1.82) is 0 Å². The predicted molar refractivity (Wildman–Crippen MR) is 138 cm³/mol. The third-order valence-electron chi connectivity index (χ3n) is 5.13. The van der Waals surface area contributed by atoms with Crippen molar-refractivity contribution in [3.05, 3.63) is 94.7 Å². The van der Waals surface area contributed by atoms with Gasteiger partial charge in [0.1, 0.15) is 5.82 Å². The smallest absolute Gasteiger partial charge is 0.319 e. The van der Waals surface area contributed by atoms with Crippen molar-refractivity contribution in [1.82, 2.24) is 15.3 Å². The van der Waals surface area contributed by atoms with Gasteiger partial charge in [-0.2, -0.15) is 0 Å². The summed E-state index contributed by atoms with van der Waals surface area (Å²) < 4.78 is 28.1. The molecule has 180 valence electrons. The van der Waals surface area contributed by atoms with Crippen LogP contribution in [0.4, 0.5) is 16.2 Å². The van der Waals surface area contributed by atoms with Crippen molar-refractivity contribution in [2.75, 3.05) is 10.0 Å². The summed E-state index contributed by atoms with van der Waals surface area (Å²) in [7, 11) is -3.82. The molecule has 35 heavy (non-hydrogen) atoms. The maximum atomic E-state index is 12.8. The van der Waals surface area contributed by atoms with Crippen molar-refractivity contribution in [2.24, 2.45) is 0 Å². The highest BCUT2D eigenvalue weighted by Gasteiger charge is 2.16. The molecule has 4 rings (SSSR count). The van der Waals surface area contributed by atoms with E-state index < -0.39 is 22.1 Å². The van der Waals surface area contributed by atoms with Crippen molar-refractivity contribution in [3.8, 4) is 11.4 Å². The second kappa shape index (κ2) is 10.4. The minimum Gasteiger partial charge on any atom is -0.345 e. The van der Waals surface area contributed by atoms with Crippen LogP contribution in [0.25, 0.3) is 11.4 Å². The first-order chi connectivity index (χ1) is 16.7. The van der Waals surface area contributed by atoms with Gasteiger partial charge in [-0.1, -0.05) is 35.3 Å². The van der Waals surface area contributed by atoms with Gasteiger partial charge in [-0.3, -0.25) is 4.72 Å². The monoisotopic (exact) mass is 529 g/mol. The molecule has 11 heteroatoms. The first-order valence-electron chi connectivity index (χ1n) is 10.5. The summed E-state index contributed by atoms with van der Waals surface area (Å²) in [5.74, 6) is 0.691. The Kier molecular flexibility index (Phi) is 7.30. The number of carbonyl (C=O) groups excluding carboxylic acids is 1. The Morgan fingerprint density at radius 3 is 2.31 bits per heavy atom. The van der Waals surface area contributed by atoms with E-state index in [0.29, 0.717) is 32.8 Å². The zero-order chi connectivity index (χ0) is 25.0. The molecule has 0 aliphatic rings. The molecule has 1 unspecified atom stereocenters. The Morgan fingerprint density at radius 2 is 1.66 bits per heavy atom. The summed E-state index contributed by atoms with van der Waals surface area (Å²) >= 11 is 12.2. The first-order valence-corrected chi connectivity index (χ1v) is 12.7. The largest absolute Gasteiger partial charge is 0.345 e. The molecule has 1 heterocycles. The highest BCUT2D eigenvalue weighted by Crippen LogP contribution is 2.29. The minimum atomic E-state index is -3.82. The number of hydrogen-bond acceptors (Lipinski definition) is 4. The van der Waals surface area contributed by atoms with E-state index in [4.69, 9.17) is 23.2 Å². The van der Waals surface area contributed by atoms with Gasteiger partial charge in [0, 0.05) is 29.3 Å². The van der Waals surface area contributed by atoms with Gasteiger partial charge in [-0.25, -0.2) is 18.2 Å². The number of aromatic amines is 1. The third-order valence-corrected chi connectivity index (χ3v) is 7.36. The number of rotatable bonds is 7.